The lowest BCUT2D eigenvalue weighted by Crippen LogP contribution is -2.24. The summed E-state index contributed by atoms with van der Waals surface area (Å²) < 4.78 is 14.8. The number of aromatic nitrogens is 2. The molecule has 0 atom stereocenters. The van der Waals surface area contributed by atoms with Crippen molar-refractivity contribution in [1.82, 2.24) is 9.55 Å². The van der Waals surface area contributed by atoms with Gasteiger partial charge in [-0.15, -0.1) is 0 Å². The fourth-order valence-corrected chi connectivity index (χ4v) is 5.81. The zero-order chi connectivity index (χ0) is 29.3. The van der Waals surface area contributed by atoms with E-state index in [-0.39, 0.29) is 18.1 Å². The highest BCUT2D eigenvalue weighted by atomic mass is 79.9. The van der Waals surface area contributed by atoms with Crippen molar-refractivity contribution in [1.29, 1.82) is 0 Å². The zero-order valence-corrected chi connectivity index (χ0v) is 25.5. The Morgan fingerprint density at radius 1 is 1.02 bits per heavy atom. The molecule has 0 amide bonds. The van der Waals surface area contributed by atoms with E-state index in [0.717, 1.165) is 45.3 Å². The number of imidazole rings is 1. The molecule has 7 nitrogen and oxygen atoms in total. The van der Waals surface area contributed by atoms with Gasteiger partial charge in [0.1, 0.15) is 23.8 Å². The van der Waals surface area contributed by atoms with Crippen molar-refractivity contribution < 1.29 is 24.2 Å². The predicted molar refractivity (Wildman–Crippen MR) is 163 cm³/mol. The van der Waals surface area contributed by atoms with Crippen LogP contribution in [0, 0.1) is 6.92 Å². The number of rotatable bonds is 7. The molecule has 0 bridgehead atoms. The van der Waals surface area contributed by atoms with Crippen molar-refractivity contribution in [2.24, 2.45) is 0 Å². The molecule has 1 saturated carbocycles. The third kappa shape index (κ3) is 6.32. The van der Waals surface area contributed by atoms with E-state index in [1.54, 1.807) is 18.2 Å². The Labute approximate surface area is 248 Å². The van der Waals surface area contributed by atoms with Gasteiger partial charge in [0.05, 0.1) is 22.2 Å². The molecule has 0 unspecified atom stereocenters. The van der Waals surface area contributed by atoms with Crippen molar-refractivity contribution in [3.8, 4) is 17.1 Å². The smallest absolute Gasteiger partial charge is 0.338 e. The third-order valence-electron chi connectivity index (χ3n) is 7.47. The molecule has 5 rings (SSSR count). The predicted octanol–water partition coefficient (Wildman–Crippen LogP) is 8.51. The van der Waals surface area contributed by atoms with Crippen LogP contribution in [-0.4, -0.2) is 32.2 Å². The van der Waals surface area contributed by atoms with Gasteiger partial charge in [-0.25, -0.2) is 14.6 Å². The van der Waals surface area contributed by atoms with Gasteiger partial charge in [-0.05, 0) is 101 Å². The summed E-state index contributed by atoms with van der Waals surface area (Å²) in [5, 5.41) is 9.66. The van der Waals surface area contributed by atoms with Crippen LogP contribution in [0.2, 0.25) is 0 Å². The van der Waals surface area contributed by atoms with Crippen LogP contribution in [0.5, 0.6) is 5.75 Å². The zero-order valence-electron chi connectivity index (χ0n) is 23.9. The molecule has 1 fully saturated rings. The number of carboxylic acids is 1. The molecule has 1 N–H and O–H groups in total. The highest BCUT2D eigenvalue weighted by molar-refractivity contribution is 9.10. The van der Waals surface area contributed by atoms with Crippen molar-refractivity contribution in [2.75, 3.05) is 0 Å². The topological polar surface area (TPSA) is 90.7 Å². The highest BCUT2D eigenvalue weighted by Crippen LogP contribution is 2.37. The van der Waals surface area contributed by atoms with Crippen molar-refractivity contribution >= 4 is 38.9 Å². The fourth-order valence-electron chi connectivity index (χ4n) is 5.45. The number of nitrogens with zero attached hydrogens (tertiary/aromatic N) is 2. The Morgan fingerprint density at radius 2 is 1.73 bits per heavy atom. The Morgan fingerprint density at radius 3 is 2.39 bits per heavy atom. The number of carbonyl (C=O) groups excluding carboxylic acids is 1. The Hall–Kier alpha value is -3.65. The van der Waals surface area contributed by atoms with Crippen LogP contribution in [-0.2, 0) is 11.3 Å². The van der Waals surface area contributed by atoms with E-state index >= 15 is 0 Å². The van der Waals surface area contributed by atoms with Crippen LogP contribution in [0.4, 0.5) is 0 Å². The van der Waals surface area contributed by atoms with Crippen LogP contribution in [0.25, 0.3) is 22.4 Å². The number of hydrogen-bond acceptors (Lipinski definition) is 5. The number of ether oxygens (including phenoxy) is 2. The first-order chi connectivity index (χ1) is 19.5. The van der Waals surface area contributed by atoms with Gasteiger partial charge >= 0.3 is 11.9 Å². The summed E-state index contributed by atoms with van der Waals surface area (Å²) in [6, 6.07) is 17.1. The van der Waals surface area contributed by atoms with Crippen molar-refractivity contribution in [3.05, 3.63) is 81.3 Å². The Balaban J connectivity index is 1.41. The third-order valence-corrected chi connectivity index (χ3v) is 8.25. The number of fused-ring (bicyclic) bond motifs is 1. The maximum atomic E-state index is 12.5. The largest absolute Gasteiger partial charge is 0.489 e. The van der Waals surface area contributed by atoms with Gasteiger partial charge in [-0.1, -0.05) is 35.2 Å². The summed E-state index contributed by atoms with van der Waals surface area (Å²) in [4.78, 5) is 29.3. The first-order valence-electron chi connectivity index (χ1n) is 14.0. The first kappa shape index (κ1) is 28.9. The maximum absolute atomic E-state index is 12.5. The molecule has 1 aliphatic rings. The molecule has 0 saturated heterocycles. The Bertz CT molecular complexity index is 1590. The summed E-state index contributed by atoms with van der Waals surface area (Å²) in [7, 11) is 0. The number of halogens is 1. The second-order valence-electron chi connectivity index (χ2n) is 11.6. The van der Waals surface area contributed by atoms with E-state index in [0.29, 0.717) is 22.9 Å². The Kier molecular flexibility index (Phi) is 8.23. The SMILES string of the molecule is Cc1c(C(=O)O)ccc2c1nc(-c1ccc(OCc3cc(C(=O)OC(C)(C)C)ccc3Br)cc1)n2C1CCCCC1. The van der Waals surface area contributed by atoms with E-state index in [4.69, 9.17) is 14.5 Å². The molecule has 1 heterocycles. The molecule has 41 heavy (non-hydrogen) atoms. The molecular formula is C33H35BrN2O5. The second-order valence-corrected chi connectivity index (χ2v) is 12.5. The molecule has 1 aliphatic carbocycles. The van der Waals surface area contributed by atoms with Crippen LogP contribution in [0.1, 0.15) is 90.8 Å². The van der Waals surface area contributed by atoms with E-state index < -0.39 is 11.6 Å². The monoisotopic (exact) mass is 618 g/mol. The quantitative estimate of drug-likeness (QED) is 0.209. The minimum absolute atomic E-state index is 0.272. The summed E-state index contributed by atoms with van der Waals surface area (Å²) >= 11 is 3.56. The average molecular weight is 620 g/mol. The fraction of sp³-hybridized carbons (Fsp3) is 0.364. The van der Waals surface area contributed by atoms with Gasteiger partial charge in [0.15, 0.2) is 0 Å². The van der Waals surface area contributed by atoms with Gasteiger partial charge in [0, 0.05) is 21.6 Å². The molecule has 214 valence electrons. The van der Waals surface area contributed by atoms with Gasteiger partial charge in [0.25, 0.3) is 0 Å². The van der Waals surface area contributed by atoms with Crippen LogP contribution in [0.3, 0.4) is 0 Å². The number of aromatic carboxylic acids is 1. The number of carbonyl (C=O) groups is 2. The average Bonchev–Trinajstić information content (AvgIpc) is 3.33. The number of esters is 1. The van der Waals surface area contributed by atoms with Gasteiger partial charge in [-0.2, -0.15) is 0 Å². The van der Waals surface area contributed by atoms with E-state index in [9.17, 15) is 14.7 Å². The van der Waals surface area contributed by atoms with Gasteiger partial charge in [0.2, 0.25) is 0 Å². The minimum atomic E-state index is -0.942. The molecule has 8 heteroatoms. The summed E-state index contributed by atoms with van der Waals surface area (Å²) in [5.74, 6) is 0.218. The molecular weight excluding hydrogens is 584 g/mol. The van der Waals surface area contributed by atoms with Crippen molar-refractivity contribution in [2.45, 2.75) is 78.0 Å². The van der Waals surface area contributed by atoms with E-state index in [1.165, 1.54) is 19.3 Å². The van der Waals surface area contributed by atoms with Crippen molar-refractivity contribution in [3.63, 3.8) is 0 Å². The summed E-state index contributed by atoms with van der Waals surface area (Å²) in [5.41, 5.74) is 4.36. The van der Waals surface area contributed by atoms with Crippen LogP contribution < -0.4 is 4.74 Å². The van der Waals surface area contributed by atoms with Crippen LogP contribution in [0.15, 0.2) is 59.1 Å². The highest BCUT2D eigenvalue weighted by Gasteiger charge is 2.25. The van der Waals surface area contributed by atoms with Gasteiger partial charge < -0.3 is 19.1 Å². The molecule has 0 radical (unpaired) electrons. The minimum Gasteiger partial charge on any atom is -0.489 e. The lowest BCUT2D eigenvalue weighted by Gasteiger charge is -2.25. The van der Waals surface area contributed by atoms with Gasteiger partial charge in [-0.3, -0.25) is 0 Å². The number of benzene rings is 3. The summed E-state index contributed by atoms with van der Waals surface area (Å²) in [6.07, 6.45) is 5.75. The normalized spacial score (nSPS) is 14.3. The number of aryl methyl sites for hydroxylation is 1. The standard InChI is InChI=1S/C33H35BrN2O5/c1-20-26(31(37)38)15-17-28-29(20)35-30(36(28)24-8-6-5-7-9-24)21-10-13-25(14-11-21)40-19-23-18-22(12-16-27(23)34)32(39)41-33(2,3)4/h10-18,24H,5-9,19H2,1-4H3,(H,37,38). The molecule has 0 spiro atoms. The second kappa shape index (κ2) is 11.7. The maximum Gasteiger partial charge on any atom is 0.338 e. The molecule has 0 aliphatic heterocycles. The first-order valence-corrected chi connectivity index (χ1v) is 14.8. The lowest BCUT2D eigenvalue weighted by atomic mass is 9.94. The number of carboxylic acid groups (broad SMARTS) is 1. The molecule has 3 aromatic carbocycles. The molecule has 4 aromatic rings. The number of hydrogen-bond donors (Lipinski definition) is 1. The lowest BCUT2D eigenvalue weighted by molar-refractivity contribution is 0.00691. The van der Waals surface area contributed by atoms with Crippen LogP contribution >= 0.6 is 15.9 Å². The van der Waals surface area contributed by atoms with E-state index in [2.05, 4.69) is 20.5 Å². The molecule has 1 aromatic heterocycles. The van der Waals surface area contributed by atoms with E-state index in [1.807, 2.05) is 64.1 Å². The summed E-state index contributed by atoms with van der Waals surface area (Å²) in [6.45, 7) is 7.64.